The third-order valence-electron chi connectivity index (χ3n) is 2.24. The molecular weight excluding hydrogens is 304 g/mol. The van der Waals surface area contributed by atoms with Crippen LogP contribution in [0.1, 0.15) is 39.2 Å². The first-order chi connectivity index (χ1) is 7.86. The monoisotopic (exact) mass is 320 g/mol. The Balaban J connectivity index is 2.98. The van der Waals surface area contributed by atoms with Crippen molar-refractivity contribution >= 4 is 27.5 Å². The van der Waals surface area contributed by atoms with Crippen molar-refractivity contribution in [3.63, 3.8) is 0 Å². The van der Waals surface area contributed by atoms with Gasteiger partial charge in [0, 0.05) is 18.4 Å². The third-order valence-corrected chi connectivity index (χ3v) is 3.49. The van der Waals surface area contributed by atoms with Gasteiger partial charge in [0.15, 0.2) is 0 Å². The van der Waals surface area contributed by atoms with E-state index in [1.54, 1.807) is 0 Å². The maximum absolute atomic E-state index is 6.10. The van der Waals surface area contributed by atoms with E-state index < -0.39 is 0 Å². The molecule has 96 valence electrons. The molecule has 0 saturated heterocycles. The fraction of sp³-hybridized carbons (Fsp3) is 0.667. The summed E-state index contributed by atoms with van der Waals surface area (Å²) in [7, 11) is 0. The van der Waals surface area contributed by atoms with Gasteiger partial charge in [0.2, 0.25) is 0 Å². The summed E-state index contributed by atoms with van der Waals surface area (Å²) in [5.74, 6) is 0.733. The van der Waals surface area contributed by atoms with Crippen molar-refractivity contribution in [2.24, 2.45) is 0 Å². The quantitative estimate of drug-likeness (QED) is 0.625. The largest absolute Gasteiger partial charge is 0.381 e. The summed E-state index contributed by atoms with van der Waals surface area (Å²) < 4.78 is 6.08. The summed E-state index contributed by atoms with van der Waals surface area (Å²) in [6, 6.07) is 0. The molecule has 0 saturated carbocycles. The first kappa shape index (κ1) is 14.9. The van der Waals surface area contributed by atoms with Gasteiger partial charge in [-0.1, -0.05) is 32.4 Å². The maximum Gasteiger partial charge on any atom is 0.147 e. The summed E-state index contributed by atoms with van der Waals surface area (Å²) >= 11 is 9.54. The lowest BCUT2D eigenvalue weighted by molar-refractivity contribution is 0.149. The molecule has 1 heterocycles. The first-order valence-corrected chi connectivity index (χ1v) is 6.83. The molecule has 0 bridgehead atoms. The highest BCUT2D eigenvalue weighted by atomic mass is 79.9. The summed E-state index contributed by atoms with van der Waals surface area (Å²) in [6.45, 7) is 9.60. The molecule has 0 amide bonds. The van der Waals surface area contributed by atoms with Crippen LogP contribution in [0.3, 0.4) is 0 Å². The lowest BCUT2D eigenvalue weighted by atomic mass is 9.92. The molecule has 0 unspecified atom stereocenters. The fourth-order valence-electron chi connectivity index (χ4n) is 1.38. The van der Waals surface area contributed by atoms with E-state index in [2.05, 4.69) is 46.7 Å². The van der Waals surface area contributed by atoms with Crippen LogP contribution in [0, 0.1) is 0 Å². The van der Waals surface area contributed by atoms with E-state index in [-0.39, 0.29) is 5.41 Å². The number of hydrogen-bond acceptors (Lipinski definition) is 3. The molecule has 0 aliphatic heterocycles. The number of aromatic nitrogens is 2. The highest BCUT2D eigenvalue weighted by molar-refractivity contribution is 9.10. The zero-order chi connectivity index (χ0) is 13.1. The van der Waals surface area contributed by atoms with E-state index in [1.807, 2.05) is 6.92 Å². The Bertz CT molecular complexity index is 391. The Morgan fingerprint density at radius 1 is 1.29 bits per heavy atom. The van der Waals surface area contributed by atoms with Crippen LogP contribution in [0.15, 0.2) is 4.47 Å². The zero-order valence-electron chi connectivity index (χ0n) is 10.7. The van der Waals surface area contributed by atoms with E-state index >= 15 is 0 Å². The Morgan fingerprint density at radius 2 is 1.94 bits per heavy atom. The molecule has 0 fully saturated rings. The van der Waals surface area contributed by atoms with Crippen molar-refractivity contribution in [3.05, 3.63) is 21.1 Å². The average Bonchev–Trinajstić information content (AvgIpc) is 2.21. The van der Waals surface area contributed by atoms with Gasteiger partial charge in [0.05, 0.1) is 16.8 Å². The van der Waals surface area contributed by atoms with Gasteiger partial charge in [-0.25, -0.2) is 9.97 Å². The Labute approximate surface area is 116 Å². The lowest BCUT2D eigenvalue weighted by Crippen LogP contribution is -2.17. The van der Waals surface area contributed by atoms with Crippen LogP contribution in [0.4, 0.5) is 0 Å². The van der Waals surface area contributed by atoms with Crippen LogP contribution in [0.25, 0.3) is 0 Å². The molecule has 0 N–H and O–H groups in total. The minimum absolute atomic E-state index is 0.0637. The SMILES string of the molecule is CCOCCc1nc(Cl)c(Br)c(C(C)(C)C)n1. The highest BCUT2D eigenvalue weighted by Gasteiger charge is 2.22. The Kier molecular flexibility index (Phi) is 5.35. The van der Waals surface area contributed by atoms with Gasteiger partial charge in [-0.3, -0.25) is 0 Å². The molecule has 1 aromatic heterocycles. The number of rotatable bonds is 4. The second-order valence-electron chi connectivity index (χ2n) is 4.79. The van der Waals surface area contributed by atoms with Crippen molar-refractivity contribution in [1.29, 1.82) is 0 Å². The van der Waals surface area contributed by atoms with Gasteiger partial charge < -0.3 is 4.74 Å². The van der Waals surface area contributed by atoms with Gasteiger partial charge in [0.1, 0.15) is 11.0 Å². The number of halogens is 2. The summed E-state index contributed by atoms with van der Waals surface area (Å²) in [5.41, 5.74) is 0.871. The second-order valence-corrected chi connectivity index (χ2v) is 5.94. The van der Waals surface area contributed by atoms with Gasteiger partial charge in [-0.2, -0.15) is 0 Å². The van der Waals surface area contributed by atoms with Gasteiger partial charge in [-0.15, -0.1) is 0 Å². The number of nitrogens with zero attached hydrogens (tertiary/aromatic N) is 2. The summed E-state index contributed by atoms with van der Waals surface area (Å²) in [5, 5.41) is 0.469. The Hall–Kier alpha value is -0.190. The minimum Gasteiger partial charge on any atom is -0.381 e. The molecule has 0 radical (unpaired) electrons. The molecule has 17 heavy (non-hydrogen) atoms. The van der Waals surface area contributed by atoms with Crippen LogP contribution in [-0.2, 0) is 16.6 Å². The van der Waals surface area contributed by atoms with Gasteiger partial charge in [-0.05, 0) is 22.9 Å². The van der Waals surface area contributed by atoms with Crippen LogP contribution in [0.5, 0.6) is 0 Å². The van der Waals surface area contributed by atoms with Crippen LogP contribution in [-0.4, -0.2) is 23.2 Å². The smallest absolute Gasteiger partial charge is 0.147 e. The number of ether oxygens (including phenoxy) is 1. The van der Waals surface area contributed by atoms with Crippen LogP contribution < -0.4 is 0 Å². The van der Waals surface area contributed by atoms with E-state index in [4.69, 9.17) is 16.3 Å². The predicted molar refractivity (Wildman–Crippen MR) is 73.6 cm³/mol. The normalized spacial score (nSPS) is 11.9. The molecule has 3 nitrogen and oxygen atoms in total. The first-order valence-electron chi connectivity index (χ1n) is 5.66. The molecule has 0 aliphatic carbocycles. The topological polar surface area (TPSA) is 35.0 Å². The molecule has 0 atom stereocenters. The lowest BCUT2D eigenvalue weighted by Gasteiger charge is -2.20. The zero-order valence-corrected chi connectivity index (χ0v) is 13.0. The molecule has 5 heteroatoms. The van der Waals surface area contributed by atoms with Crippen LogP contribution in [0.2, 0.25) is 5.15 Å². The predicted octanol–water partition coefficient (Wildman–Crippen LogP) is 3.77. The van der Waals surface area contributed by atoms with Crippen molar-refractivity contribution in [1.82, 2.24) is 9.97 Å². The molecule has 0 aliphatic rings. The molecule has 0 spiro atoms. The Morgan fingerprint density at radius 3 is 2.47 bits per heavy atom. The second kappa shape index (κ2) is 6.12. The third kappa shape index (κ3) is 4.19. The standard InChI is InChI=1S/C12H18BrClN2O/c1-5-17-7-6-8-15-10(12(2,3)4)9(13)11(14)16-8/h5-7H2,1-4H3. The van der Waals surface area contributed by atoms with E-state index in [0.29, 0.717) is 24.8 Å². The molecule has 1 rings (SSSR count). The molecule has 1 aromatic rings. The maximum atomic E-state index is 6.10. The summed E-state index contributed by atoms with van der Waals surface area (Å²) in [6.07, 6.45) is 0.684. The number of hydrogen-bond donors (Lipinski definition) is 0. The van der Waals surface area contributed by atoms with E-state index in [1.165, 1.54) is 0 Å². The molecular formula is C12H18BrClN2O. The highest BCUT2D eigenvalue weighted by Crippen LogP contribution is 2.32. The summed E-state index contributed by atoms with van der Waals surface area (Å²) in [4.78, 5) is 8.80. The van der Waals surface area contributed by atoms with E-state index in [0.717, 1.165) is 16.0 Å². The average molecular weight is 322 g/mol. The van der Waals surface area contributed by atoms with Crippen molar-refractivity contribution < 1.29 is 4.74 Å². The van der Waals surface area contributed by atoms with Crippen molar-refractivity contribution in [3.8, 4) is 0 Å². The molecule has 0 aromatic carbocycles. The van der Waals surface area contributed by atoms with E-state index in [9.17, 15) is 0 Å². The van der Waals surface area contributed by atoms with Gasteiger partial charge >= 0.3 is 0 Å². The van der Waals surface area contributed by atoms with Crippen molar-refractivity contribution in [2.45, 2.75) is 39.5 Å². The van der Waals surface area contributed by atoms with Crippen LogP contribution >= 0.6 is 27.5 Å². The minimum atomic E-state index is -0.0637. The fourth-order valence-corrected chi connectivity index (χ4v) is 2.34. The van der Waals surface area contributed by atoms with Crippen molar-refractivity contribution in [2.75, 3.05) is 13.2 Å². The van der Waals surface area contributed by atoms with Gasteiger partial charge in [0.25, 0.3) is 0 Å².